The zero-order chi connectivity index (χ0) is 23.6. The quantitative estimate of drug-likeness (QED) is 0.390. The van der Waals surface area contributed by atoms with Gasteiger partial charge in [0.2, 0.25) is 0 Å². The highest BCUT2D eigenvalue weighted by Gasteiger charge is 2.45. The minimum absolute atomic E-state index is 0.0516. The van der Waals surface area contributed by atoms with Crippen molar-refractivity contribution < 1.29 is 19.4 Å². The number of carbonyl (C=O) groups is 2. The molecule has 1 heterocycles. The number of carbonyl (C=O) groups excluding carboxylic acids is 2. The number of ketones is 1. The van der Waals surface area contributed by atoms with Gasteiger partial charge in [0.1, 0.15) is 11.5 Å². The maximum absolute atomic E-state index is 13.1. The van der Waals surface area contributed by atoms with Gasteiger partial charge in [-0.2, -0.15) is 0 Å². The molecule has 1 saturated heterocycles. The SMILES string of the molecule is COc1cc(/C(O)=C2/C(=O)C(=O)N(CCN(C)C)C2c2ccc(N(C)C)cc2)ccc1Cl. The highest BCUT2D eigenvalue weighted by Crippen LogP contribution is 2.40. The number of rotatable bonds is 7. The second kappa shape index (κ2) is 9.63. The first kappa shape index (κ1) is 23.6. The molecule has 3 rings (SSSR count). The maximum Gasteiger partial charge on any atom is 0.295 e. The number of amides is 1. The molecule has 1 fully saturated rings. The van der Waals surface area contributed by atoms with E-state index in [1.807, 2.05) is 62.3 Å². The monoisotopic (exact) mass is 457 g/mol. The molecule has 1 aliphatic rings. The summed E-state index contributed by atoms with van der Waals surface area (Å²) in [5.74, 6) is -1.23. The van der Waals surface area contributed by atoms with Crippen LogP contribution < -0.4 is 9.64 Å². The predicted molar refractivity (Wildman–Crippen MR) is 126 cm³/mol. The van der Waals surface area contributed by atoms with E-state index in [2.05, 4.69) is 0 Å². The summed E-state index contributed by atoms with van der Waals surface area (Å²) in [6.45, 7) is 0.923. The third kappa shape index (κ3) is 4.59. The zero-order valence-corrected chi connectivity index (χ0v) is 19.7. The van der Waals surface area contributed by atoms with Crippen molar-refractivity contribution in [3.05, 3.63) is 64.2 Å². The molecular formula is C24H28ClN3O4. The minimum Gasteiger partial charge on any atom is -0.507 e. The fourth-order valence-corrected chi connectivity index (χ4v) is 3.88. The fraction of sp³-hybridized carbons (Fsp3) is 0.333. The van der Waals surface area contributed by atoms with E-state index in [1.165, 1.54) is 12.0 Å². The van der Waals surface area contributed by atoms with E-state index < -0.39 is 17.7 Å². The molecule has 32 heavy (non-hydrogen) atoms. The van der Waals surface area contributed by atoms with Crippen molar-refractivity contribution in [3.8, 4) is 5.75 Å². The number of aliphatic hydroxyl groups is 1. The van der Waals surface area contributed by atoms with Gasteiger partial charge in [0.15, 0.2) is 0 Å². The molecule has 0 aromatic heterocycles. The fourth-order valence-electron chi connectivity index (χ4n) is 3.68. The van der Waals surface area contributed by atoms with Gasteiger partial charge in [-0.05, 0) is 50.0 Å². The number of benzene rings is 2. The lowest BCUT2D eigenvalue weighted by Crippen LogP contribution is -2.35. The van der Waals surface area contributed by atoms with Crippen molar-refractivity contribution in [2.24, 2.45) is 0 Å². The Kier molecular flexibility index (Phi) is 7.11. The van der Waals surface area contributed by atoms with Crippen LogP contribution in [0.1, 0.15) is 17.2 Å². The van der Waals surface area contributed by atoms with Gasteiger partial charge in [-0.25, -0.2) is 0 Å². The first-order valence-corrected chi connectivity index (χ1v) is 10.6. The highest BCUT2D eigenvalue weighted by atomic mass is 35.5. The molecular weight excluding hydrogens is 430 g/mol. The number of halogens is 1. The second-order valence-electron chi connectivity index (χ2n) is 8.13. The number of nitrogens with zero attached hydrogens (tertiary/aromatic N) is 3. The molecule has 2 aromatic rings. The van der Waals surface area contributed by atoms with Gasteiger partial charge in [-0.3, -0.25) is 9.59 Å². The van der Waals surface area contributed by atoms with Crippen LogP contribution in [0.25, 0.3) is 5.76 Å². The van der Waals surface area contributed by atoms with Gasteiger partial charge < -0.3 is 24.5 Å². The zero-order valence-electron chi connectivity index (χ0n) is 18.9. The first-order valence-electron chi connectivity index (χ1n) is 10.2. The summed E-state index contributed by atoms with van der Waals surface area (Å²) in [4.78, 5) is 31.5. The molecule has 8 heteroatoms. The van der Waals surface area contributed by atoms with E-state index >= 15 is 0 Å². The lowest BCUT2D eigenvalue weighted by atomic mass is 9.95. The molecule has 0 radical (unpaired) electrons. The Morgan fingerprint density at radius 2 is 1.75 bits per heavy atom. The molecule has 170 valence electrons. The van der Waals surface area contributed by atoms with Crippen molar-refractivity contribution in [1.82, 2.24) is 9.80 Å². The highest BCUT2D eigenvalue weighted by molar-refractivity contribution is 6.46. The van der Waals surface area contributed by atoms with E-state index in [1.54, 1.807) is 18.2 Å². The van der Waals surface area contributed by atoms with Crippen molar-refractivity contribution in [2.75, 3.05) is 53.3 Å². The predicted octanol–water partition coefficient (Wildman–Crippen LogP) is 3.40. The van der Waals surface area contributed by atoms with Crippen LogP contribution in [0.5, 0.6) is 5.75 Å². The average molecular weight is 458 g/mol. The van der Waals surface area contributed by atoms with Crippen LogP contribution in [0, 0.1) is 0 Å². The lowest BCUT2D eigenvalue weighted by molar-refractivity contribution is -0.140. The molecule has 1 N–H and O–H groups in total. The third-order valence-corrected chi connectivity index (χ3v) is 5.79. The van der Waals surface area contributed by atoms with E-state index in [0.29, 0.717) is 29.4 Å². The number of hydrogen-bond donors (Lipinski definition) is 1. The molecule has 0 saturated carbocycles. The maximum atomic E-state index is 13.1. The Morgan fingerprint density at radius 1 is 1.09 bits per heavy atom. The van der Waals surface area contributed by atoms with Gasteiger partial charge in [0.25, 0.3) is 11.7 Å². The number of hydrogen-bond acceptors (Lipinski definition) is 6. The van der Waals surface area contributed by atoms with E-state index in [0.717, 1.165) is 11.3 Å². The molecule has 1 unspecified atom stereocenters. The van der Waals surface area contributed by atoms with Crippen molar-refractivity contribution in [3.63, 3.8) is 0 Å². The van der Waals surface area contributed by atoms with Crippen LogP contribution in [0.4, 0.5) is 5.69 Å². The van der Waals surface area contributed by atoms with Gasteiger partial charge in [-0.1, -0.05) is 23.7 Å². The van der Waals surface area contributed by atoms with Crippen molar-refractivity contribution >= 4 is 34.7 Å². The second-order valence-corrected chi connectivity index (χ2v) is 8.54. The smallest absolute Gasteiger partial charge is 0.295 e. The van der Waals surface area contributed by atoms with Crippen LogP contribution in [0.3, 0.4) is 0 Å². The molecule has 1 amide bonds. The molecule has 2 aromatic carbocycles. The number of aliphatic hydroxyl groups excluding tert-OH is 1. The summed E-state index contributed by atoms with van der Waals surface area (Å²) in [5, 5.41) is 11.5. The van der Waals surface area contributed by atoms with Crippen molar-refractivity contribution in [1.29, 1.82) is 0 Å². The topological polar surface area (TPSA) is 73.3 Å². The minimum atomic E-state index is -0.711. The van der Waals surface area contributed by atoms with E-state index in [4.69, 9.17) is 16.3 Å². The van der Waals surface area contributed by atoms with E-state index in [9.17, 15) is 14.7 Å². The lowest BCUT2D eigenvalue weighted by Gasteiger charge is -2.27. The number of Topliss-reactive ketones (excluding diaryl/α,β-unsaturated/α-hetero) is 1. The summed E-state index contributed by atoms with van der Waals surface area (Å²) in [5.41, 5.74) is 2.14. The summed E-state index contributed by atoms with van der Waals surface area (Å²) >= 11 is 6.11. The number of methoxy groups -OCH3 is 1. The first-order chi connectivity index (χ1) is 15.1. The van der Waals surface area contributed by atoms with Crippen LogP contribution in [-0.2, 0) is 9.59 Å². The third-order valence-electron chi connectivity index (χ3n) is 5.48. The summed E-state index contributed by atoms with van der Waals surface area (Å²) in [6.07, 6.45) is 0. The van der Waals surface area contributed by atoms with Crippen molar-refractivity contribution in [2.45, 2.75) is 6.04 Å². The van der Waals surface area contributed by atoms with Gasteiger partial charge in [0.05, 0.1) is 23.7 Å². The molecule has 0 spiro atoms. The number of likely N-dealkylation sites (tertiary alicyclic amines) is 1. The largest absolute Gasteiger partial charge is 0.507 e. The molecule has 1 atom stereocenters. The van der Waals surface area contributed by atoms with Gasteiger partial charge in [-0.15, -0.1) is 0 Å². The normalized spacial score (nSPS) is 17.8. The standard InChI is InChI=1S/C24H28ClN3O4/c1-26(2)12-13-28-21(15-6-9-17(10-7-15)27(3)4)20(23(30)24(28)31)22(29)16-8-11-18(25)19(14-16)32-5/h6-11,14,21,29H,12-13H2,1-5H3/b22-20-. The molecule has 0 aliphatic carbocycles. The Balaban J connectivity index is 2.15. The Bertz CT molecular complexity index is 1050. The average Bonchev–Trinajstić information content (AvgIpc) is 3.02. The van der Waals surface area contributed by atoms with Crippen LogP contribution in [0.15, 0.2) is 48.0 Å². The van der Waals surface area contributed by atoms with Crippen LogP contribution in [-0.4, -0.2) is 75.0 Å². The summed E-state index contributed by atoms with van der Waals surface area (Å²) in [6, 6.07) is 11.6. The van der Waals surface area contributed by atoms with E-state index in [-0.39, 0.29) is 11.3 Å². The molecule has 7 nitrogen and oxygen atoms in total. The van der Waals surface area contributed by atoms with Crippen LogP contribution >= 0.6 is 11.6 Å². The number of ether oxygens (including phenoxy) is 1. The summed E-state index contributed by atoms with van der Waals surface area (Å²) < 4.78 is 5.24. The van der Waals surface area contributed by atoms with Gasteiger partial charge in [0, 0.05) is 38.4 Å². The Hall–Kier alpha value is -3.03. The summed E-state index contributed by atoms with van der Waals surface area (Å²) in [7, 11) is 9.14. The Morgan fingerprint density at radius 3 is 2.31 bits per heavy atom. The Labute approximate surface area is 193 Å². The number of anilines is 1. The molecule has 0 bridgehead atoms. The molecule has 1 aliphatic heterocycles. The number of likely N-dealkylation sites (N-methyl/N-ethyl adjacent to an activating group) is 1. The van der Waals surface area contributed by atoms with Gasteiger partial charge >= 0.3 is 0 Å². The van der Waals surface area contributed by atoms with Crippen LogP contribution in [0.2, 0.25) is 5.02 Å².